The SMILES string of the molecule is O=C(NCc1ccc(Cl)cc1)C1(C(=O)N2CCOCC2)CC1. The van der Waals surface area contributed by atoms with Crippen LogP contribution in [0.4, 0.5) is 0 Å². The Hall–Kier alpha value is -1.59. The summed E-state index contributed by atoms with van der Waals surface area (Å²) in [4.78, 5) is 26.8. The molecule has 0 unspecified atom stereocenters. The fourth-order valence-corrected chi connectivity index (χ4v) is 2.81. The zero-order valence-corrected chi connectivity index (χ0v) is 13.1. The second kappa shape index (κ2) is 6.26. The van der Waals surface area contributed by atoms with Crippen LogP contribution in [-0.4, -0.2) is 43.0 Å². The molecule has 1 aromatic carbocycles. The topological polar surface area (TPSA) is 58.6 Å². The average molecular weight is 323 g/mol. The Morgan fingerprint density at radius 3 is 2.41 bits per heavy atom. The van der Waals surface area contributed by atoms with Crippen molar-refractivity contribution in [1.29, 1.82) is 0 Å². The highest BCUT2D eigenvalue weighted by Crippen LogP contribution is 2.47. The van der Waals surface area contributed by atoms with Gasteiger partial charge in [0.2, 0.25) is 11.8 Å². The van der Waals surface area contributed by atoms with E-state index in [0.717, 1.165) is 5.56 Å². The van der Waals surface area contributed by atoms with Crippen LogP contribution in [0.3, 0.4) is 0 Å². The summed E-state index contributed by atoms with van der Waals surface area (Å²) < 4.78 is 5.25. The van der Waals surface area contributed by atoms with Crippen molar-refractivity contribution in [2.45, 2.75) is 19.4 Å². The average Bonchev–Trinajstić information content (AvgIpc) is 3.36. The number of nitrogens with zero attached hydrogens (tertiary/aromatic N) is 1. The molecule has 2 aliphatic rings. The van der Waals surface area contributed by atoms with E-state index in [2.05, 4.69) is 5.32 Å². The van der Waals surface area contributed by atoms with Crippen LogP contribution in [-0.2, 0) is 20.9 Å². The molecule has 2 amide bonds. The summed E-state index contributed by atoms with van der Waals surface area (Å²) in [7, 11) is 0. The van der Waals surface area contributed by atoms with Crippen LogP contribution in [0.2, 0.25) is 5.02 Å². The Morgan fingerprint density at radius 1 is 1.18 bits per heavy atom. The number of benzene rings is 1. The van der Waals surface area contributed by atoms with Crippen LogP contribution in [0.15, 0.2) is 24.3 Å². The maximum Gasteiger partial charge on any atom is 0.238 e. The lowest BCUT2D eigenvalue weighted by Crippen LogP contribution is -2.49. The zero-order valence-electron chi connectivity index (χ0n) is 12.3. The van der Waals surface area contributed by atoms with Crippen LogP contribution in [0, 0.1) is 5.41 Å². The van der Waals surface area contributed by atoms with Crippen LogP contribution < -0.4 is 5.32 Å². The Balaban J connectivity index is 1.58. The number of hydrogen-bond donors (Lipinski definition) is 1. The van der Waals surface area contributed by atoms with E-state index in [0.29, 0.717) is 50.7 Å². The first kappa shape index (κ1) is 15.3. The number of halogens is 1. The third kappa shape index (κ3) is 3.10. The fraction of sp³-hybridized carbons (Fsp3) is 0.500. The molecule has 6 heteroatoms. The first-order chi connectivity index (χ1) is 10.6. The smallest absolute Gasteiger partial charge is 0.238 e. The second-order valence-corrected chi connectivity index (χ2v) is 6.23. The molecule has 2 fully saturated rings. The highest BCUT2D eigenvalue weighted by Gasteiger charge is 2.57. The third-order valence-electron chi connectivity index (χ3n) is 4.26. The number of rotatable bonds is 4. The van der Waals surface area contributed by atoms with Crippen molar-refractivity contribution >= 4 is 23.4 Å². The number of carbonyl (C=O) groups is 2. The van der Waals surface area contributed by atoms with Gasteiger partial charge in [-0.25, -0.2) is 0 Å². The molecule has 1 aliphatic heterocycles. The molecule has 118 valence electrons. The number of nitrogens with one attached hydrogen (secondary N) is 1. The van der Waals surface area contributed by atoms with Gasteiger partial charge in [0.1, 0.15) is 5.41 Å². The van der Waals surface area contributed by atoms with Gasteiger partial charge >= 0.3 is 0 Å². The largest absolute Gasteiger partial charge is 0.378 e. The van der Waals surface area contributed by atoms with Crippen molar-refractivity contribution in [1.82, 2.24) is 10.2 Å². The van der Waals surface area contributed by atoms with Gasteiger partial charge in [-0.05, 0) is 30.5 Å². The standard InChI is InChI=1S/C16H19ClN2O3/c17-13-3-1-12(2-4-13)11-18-14(20)16(5-6-16)15(21)19-7-9-22-10-8-19/h1-4H,5-11H2,(H,18,20). The van der Waals surface area contributed by atoms with Gasteiger partial charge in [0.25, 0.3) is 0 Å². The molecule has 22 heavy (non-hydrogen) atoms. The lowest BCUT2D eigenvalue weighted by molar-refractivity contribution is -0.147. The Labute approximate surface area is 134 Å². The van der Waals surface area contributed by atoms with Gasteiger partial charge in [0.05, 0.1) is 13.2 Å². The molecule has 0 bridgehead atoms. The molecule has 1 heterocycles. The molecule has 1 saturated carbocycles. The fourth-order valence-electron chi connectivity index (χ4n) is 2.69. The van der Waals surface area contributed by atoms with E-state index in [4.69, 9.17) is 16.3 Å². The number of amides is 2. The van der Waals surface area contributed by atoms with Crippen LogP contribution in [0.25, 0.3) is 0 Å². The summed E-state index contributed by atoms with van der Waals surface area (Å²) in [6.45, 7) is 2.66. The number of carbonyl (C=O) groups excluding carboxylic acids is 2. The van der Waals surface area contributed by atoms with Crippen LogP contribution in [0.5, 0.6) is 0 Å². The molecule has 0 spiro atoms. The van der Waals surface area contributed by atoms with Crippen molar-refractivity contribution in [3.05, 3.63) is 34.9 Å². The van der Waals surface area contributed by atoms with E-state index in [1.807, 2.05) is 12.1 Å². The zero-order chi connectivity index (χ0) is 15.6. The normalized spacial score (nSPS) is 19.6. The summed E-state index contributed by atoms with van der Waals surface area (Å²) in [6.07, 6.45) is 1.27. The molecule has 5 nitrogen and oxygen atoms in total. The minimum atomic E-state index is -0.843. The molecular weight excluding hydrogens is 304 g/mol. The van der Waals surface area contributed by atoms with E-state index in [9.17, 15) is 9.59 Å². The Morgan fingerprint density at radius 2 is 1.82 bits per heavy atom. The van der Waals surface area contributed by atoms with Crippen LogP contribution in [0.1, 0.15) is 18.4 Å². The number of ether oxygens (including phenoxy) is 1. The predicted octanol–water partition coefficient (Wildman–Crippen LogP) is 1.60. The van der Waals surface area contributed by atoms with Gasteiger partial charge in [-0.1, -0.05) is 23.7 Å². The van der Waals surface area contributed by atoms with E-state index in [1.165, 1.54) is 0 Å². The molecule has 1 aliphatic carbocycles. The molecular formula is C16H19ClN2O3. The molecule has 3 rings (SSSR count). The van der Waals surface area contributed by atoms with Crippen molar-refractivity contribution in [2.75, 3.05) is 26.3 Å². The quantitative estimate of drug-likeness (QED) is 0.857. The number of hydrogen-bond acceptors (Lipinski definition) is 3. The molecule has 1 aromatic rings. The van der Waals surface area contributed by atoms with Gasteiger partial charge in [-0.3, -0.25) is 9.59 Å². The van der Waals surface area contributed by atoms with Gasteiger partial charge in [0, 0.05) is 24.7 Å². The van der Waals surface area contributed by atoms with Crippen LogP contribution >= 0.6 is 11.6 Å². The van der Waals surface area contributed by atoms with E-state index < -0.39 is 5.41 Å². The lowest BCUT2D eigenvalue weighted by Gasteiger charge is -2.30. The minimum Gasteiger partial charge on any atom is -0.378 e. The van der Waals surface area contributed by atoms with E-state index in [-0.39, 0.29) is 11.8 Å². The van der Waals surface area contributed by atoms with Crippen molar-refractivity contribution < 1.29 is 14.3 Å². The molecule has 0 atom stereocenters. The number of morpholine rings is 1. The van der Waals surface area contributed by atoms with Crippen molar-refractivity contribution in [3.63, 3.8) is 0 Å². The molecule has 1 saturated heterocycles. The Bertz CT molecular complexity index is 563. The minimum absolute atomic E-state index is 0.0515. The van der Waals surface area contributed by atoms with E-state index in [1.54, 1.807) is 17.0 Å². The summed E-state index contributed by atoms with van der Waals surface area (Å²) in [5.74, 6) is -0.219. The highest BCUT2D eigenvalue weighted by molar-refractivity contribution is 6.30. The predicted molar refractivity (Wildman–Crippen MR) is 82.4 cm³/mol. The Kier molecular flexibility index (Phi) is 4.36. The van der Waals surface area contributed by atoms with Gasteiger partial charge in [0.15, 0.2) is 0 Å². The lowest BCUT2D eigenvalue weighted by atomic mass is 10.0. The van der Waals surface area contributed by atoms with Gasteiger partial charge in [-0.2, -0.15) is 0 Å². The monoisotopic (exact) mass is 322 g/mol. The summed E-state index contributed by atoms with van der Waals surface area (Å²) in [6, 6.07) is 7.31. The molecule has 0 radical (unpaired) electrons. The summed E-state index contributed by atoms with van der Waals surface area (Å²) >= 11 is 5.84. The van der Waals surface area contributed by atoms with Gasteiger partial charge in [-0.15, -0.1) is 0 Å². The summed E-state index contributed by atoms with van der Waals surface area (Å²) in [5, 5.41) is 3.54. The van der Waals surface area contributed by atoms with Crippen molar-refractivity contribution in [2.24, 2.45) is 5.41 Å². The summed E-state index contributed by atoms with van der Waals surface area (Å²) in [5.41, 5.74) is 0.122. The first-order valence-electron chi connectivity index (χ1n) is 7.52. The van der Waals surface area contributed by atoms with Crippen molar-refractivity contribution in [3.8, 4) is 0 Å². The molecule has 0 aromatic heterocycles. The first-order valence-corrected chi connectivity index (χ1v) is 7.89. The third-order valence-corrected chi connectivity index (χ3v) is 4.51. The highest BCUT2D eigenvalue weighted by atomic mass is 35.5. The second-order valence-electron chi connectivity index (χ2n) is 5.80. The van der Waals surface area contributed by atoms with Gasteiger partial charge < -0.3 is 15.0 Å². The van der Waals surface area contributed by atoms with E-state index >= 15 is 0 Å². The molecule has 1 N–H and O–H groups in total. The maximum absolute atomic E-state index is 12.6. The maximum atomic E-state index is 12.6.